The third-order valence-corrected chi connectivity index (χ3v) is 5.03. The highest BCUT2D eigenvalue weighted by Gasteiger charge is 2.15. The van der Waals surface area contributed by atoms with Crippen LogP contribution in [0.3, 0.4) is 0 Å². The van der Waals surface area contributed by atoms with Gasteiger partial charge in [-0.15, -0.1) is 0 Å². The molecule has 1 amide bonds. The van der Waals surface area contributed by atoms with Crippen molar-refractivity contribution in [1.29, 1.82) is 0 Å². The smallest absolute Gasteiger partial charge is 0.349 e. The van der Waals surface area contributed by atoms with Crippen LogP contribution in [0.2, 0.25) is 0 Å². The maximum atomic E-state index is 12.6. The molecule has 6 nitrogen and oxygen atoms in total. The fraction of sp³-hybridized carbons (Fsp3) is 0.273. The fourth-order valence-corrected chi connectivity index (χ4v) is 3.49. The van der Waals surface area contributed by atoms with Crippen LogP contribution >= 0.6 is 0 Å². The first-order valence-corrected chi connectivity index (χ1v) is 9.42. The molecule has 1 aromatic heterocycles. The quantitative estimate of drug-likeness (QED) is 0.694. The van der Waals surface area contributed by atoms with Gasteiger partial charge in [0.2, 0.25) is 0 Å². The van der Waals surface area contributed by atoms with E-state index in [4.69, 9.17) is 9.15 Å². The van der Waals surface area contributed by atoms with Crippen LogP contribution in [0.4, 0.5) is 11.4 Å². The molecule has 0 bridgehead atoms. The third-order valence-electron chi connectivity index (χ3n) is 5.03. The highest BCUT2D eigenvalue weighted by atomic mass is 16.5. The first-order chi connectivity index (χ1) is 13.6. The van der Waals surface area contributed by atoms with E-state index in [2.05, 4.69) is 10.2 Å². The summed E-state index contributed by atoms with van der Waals surface area (Å²) in [4.78, 5) is 27.2. The maximum absolute atomic E-state index is 12.6. The van der Waals surface area contributed by atoms with Gasteiger partial charge in [-0.2, -0.15) is 0 Å². The van der Waals surface area contributed by atoms with Crippen molar-refractivity contribution in [3.05, 3.63) is 64.5 Å². The number of piperidine rings is 1. The lowest BCUT2D eigenvalue weighted by molar-refractivity contribution is 0.102. The highest BCUT2D eigenvalue weighted by molar-refractivity contribution is 6.05. The molecule has 3 aromatic rings. The summed E-state index contributed by atoms with van der Waals surface area (Å²) in [6.07, 6.45) is 3.70. The van der Waals surface area contributed by atoms with Gasteiger partial charge in [-0.25, -0.2) is 4.79 Å². The number of benzene rings is 2. The summed E-state index contributed by atoms with van der Waals surface area (Å²) in [6.45, 7) is 2.13. The lowest BCUT2D eigenvalue weighted by Crippen LogP contribution is -2.29. The minimum absolute atomic E-state index is 0.0409. The summed E-state index contributed by atoms with van der Waals surface area (Å²) < 4.78 is 10.5. The van der Waals surface area contributed by atoms with Gasteiger partial charge in [-0.3, -0.25) is 4.79 Å². The molecule has 1 saturated heterocycles. The van der Waals surface area contributed by atoms with Crippen molar-refractivity contribution in [1.82, 2.24) is 0 Å². The van der Waals surface area contributed by atoms with E-state index in [9.17, 15) is 9.59 Å². The predicted molar refractivity (Wildman–Crippen MR) is 109 cm³/mol. The number of fused-ring (bicyclic) bond motifs is 1. The number of carbonyl (C=O) groups excluding carboxylic acids is 1. The Morgan fingerprint density at radius 1 is 1.04 bits per heavy atom. The van der Waals surface area contributed by atoms with E-state index in [0.717, 1.165) is 18.8 Å². The van der Waals surface area contributed by atoms with Crippen LogP contribution in [0.1, 0.15) is 29.6 Å². The molecule has 0 unspecified atom stereocenters. The largest absolute Gasteiger partial charge is 0.497 e. The van der Waals surface area contributed by atoms with Gasteiger partial charge in [0.1, 0.15) is 16.9 Å². The Hall–Kier alpha value is -3.28. The molecule has 1 fully saturated rings. The Balaban J connectivity index is 1.54. The summed E-state index contributed by atoms with van der Waals surface area (Å²) in [5.41, 5.74) is 1.49. The highest BCUT2D eigenvalue weighted by Crippen LogP contribution is 2.23. The Bertz CT molecular complexity index is 1050. The molecular formula is C22H22N2O4. The molecule has 1 N–H and O–H groups in total. The Kier molecular flexibility index (Phi) is 5.02. The monoisotopic (exact) mass is 378 g/mol. The zero-order valence-corrected chi connectivity index (χ0v) is 15.7. The van der Waals surface area contributed by atoms with Gasteiger partial charge in [0.15, 0.2) is 0 Å². The van der Waals surface area contributed by atoms with Gasteiger partial charge in [-0.1, -0.05) is 0 Å². The molecule has 0 atom stereocenters. The predicted octanol–water partition coefficient (Wildman–Crippen LogP) is 4.04. The zero-order chi connectivity index (χ0) is 19.5. The number of hydrogen-bond donors (Lipinski definition) is 1. The summed E-state index contributed by atoms with van der Waals surface area (Å²) in [7, 11) is 1.56. The van der Waals surface area contributed by atoms with Crippen molar-refractivity contribution in [2.24, 2.45) is 0 Å². The number of hydrogen-bond acceptors (Lipinski definition) is 5. The van der Waals surface area contributed by atoms with E-state index >= 15 is 0 Å². The molecule has 1 aliphatic rings. The lowest BCUT2D eigenvalue weighted by atomic mass is 10.1. The van der Waals surface area contributed by atoms with E-state index < -0.39 is 11.5 Å². The van der Waals surface area contributed by atoms with Crippen molar-refractivity contribution < 1.29 is 13.9 Å². The van der Waals surface area contributed by atoms with E-state index in [1.165, 1.54) is 25.3 Å². The number of ether oxygens (including phenoxy) is 1. The van der Waals surface area contributed by atoms with Gasteiger partial charge < -0.3 is 19.4 Å². The Labute approximate surface area is 162 Å². The Morgan fingerprint density at radius 2 is 1.79 bits per heavy atom. The Morgan fingerprint density at radius 3 is 2.50 bits per heavy atom. The van der Waals surface area contributed by atoms with Crippen LogP contribution in [0, 0.1) is 0 Å². The third kappa shape index (κ3) is 3.71. The molecule has 2 heterocycles. The molecule has 28 heavy (non-hydrogen) atoms. The van der Waals surface area contributed by atoms with Crippen molar-refractivity contribution >= 4 is 28.3 Å². The number of nitrogens with zero attached hydrogens (tertiary/aromatic N) is 1. The molecule has 0 spiro atoms. The zero-order valence-electron chi connectivity index (χ0n) is 15.7. The van der Waals surface area contributed by atoms with Gasteiger partial charge in [0, 0.05) is 29.9 Å². The second-order valence-electron chi connectivity index (χ2n) is 6.90. The van der Waals surface area contributed by atoms with E-state index in [1.54, 1.807) is 25.3 Å². The van der Waals surface area contributed by atoms with Gasteiger partial charge in [0.05, 0.1) is 7.11 Å². The molecule has 0 aliphatic carbocycles. The second-order valence-corrected chi connectivity index (χ2v) is 6.90. The minimum Gasteiger partial charge on any atom is -0.497 e. The van der Waals surface area contributed by atoms with Crippen molar-refractivity contribution in [3.8, 4) is 5.75 Å². The van der Waals surface area contributed by atoms with Crippen LogP contribution in [0.5, 0.6) is 5.75 Å². The molecule has 6 heteroatoms. The average Bonchev–Trinajstić information content (AvgIpc) is 2.74. The van der Waals surface area contributed by atoms with Crippen LogP contribution < -0.4 is 20.6 Å². The lowest BCUT2D eigenvalue weighted by Gasteiger charge is -2.28. The molecular weight excluding hydrogens is 356 g/mol. The van der Waals surface area contributed by atoms with Crippen LogP contribution in [0.15, 0.2) is 57.7 Å². The first kappa shape index (κ1) is 18.1. The van der Waals surface area contributed by atoms with Crippen LogP contribution in [-0.4, -0.2) is 26.1 Å². The number of carbonyl (C=O) groups is 1. The number of rotatable bonds is 4. The number of amides is 1. The minimum atomic E-state index is -0.667. The topological polar surface area (TPSA) is 71.8 Å². The number of nitrogens with one attached hydrogen (secondary N) is 1. The van der Waals surface area contributed by atoms with Crippen molar-refractivity contribution in [2.75, 3.05) is 30.4 Å². The summed E-state index contributed by atoms with van der Waals surface area (Å²) >= 11 is 0. The number of anilines is 2. The summed E-state index contributed by atoms with van der Waals surface area (Å²) in [5.74, 6) is 0.130. The SMILES string of the molecule is COc1ccc2oc(=O)c(C(=O)Nc3ccc(N4CCCCC4)cc3)cc2c1. The first-order valence-electron chi connectivity index (χ1n) is 9.42. The fourth-order valence-electron chi connectivity index (χ4n) is 3.49. The standard InChI is InChI=1S/C22H22N2O4/c1-27-18-9-10-20-15(13-18)14-19(22(26)28-20)21(25)23-16-5-7-17(8-6-16)24-11-3-2-4-12-24/h5-10,13-14H,2-4,11-12H2,1H3,(H,23,25). The van der Waals surface area contributed by atoms with Crippen LogP contribution in [0.25, 0.3) is 11.0 Å². The molecule has 144 valence electrons. The molecule has 1 aliphatic heterocycles. The molecule has 2 aromatic carbocycles. The maximum Gasteiger partial charge on any atom is 0.349 e. The van der Waals surface area contributed by atoms with E-state index in [1.807, 2.05) is 24.3 Å². The van der Waals surface area contributed by atoms with Crippen molar-refractivity contribution in [3.63, 3.8) is 0 Å². The molecule has 0 saturated carbocycles. The molecule has 0 radical (unpaired) electrons. The van der Waals surface area contributed by atoms with Crippen molar-refractivity contribution in [2.45, 2.75) is 19.3 Å². The van der Waals surface area contributed by atoms with Gasteiger partial charge in [-0.05, 0) is 67.8 Å². The van der Waals surface area contributed by atoms with E-state index in [-0.39, 0.29) is 5.56 Å². The van der Waals surface area contributed by atoms with Gasteiger partial charge >= 0.3 is 5.63 Å². The summed E-state index contributed by atoms with van der Waals surface area (Å²) in [5, 5.41) is 3.40. The van der Waals surface area contributed by atoms with E-state index in [0.29, 0.717) is 22.4 Å². The number of methoxy groups -OCH3 is 1. The normalized spacial score (nSPS) is 14.1. The second kappa shape index (κ2) is 7.76. The van der Waals surface area contributed by atoms with Crippen LogP contribution in [-0.2, 0) is 0 Å². The van der Waals surface area contributed by atoms with Gasteiger partial charge in [0.25, 0.3) is 5.91 Å². The molecule has 4 rings (SSSR count). The average molecular weight is 378 g/mol. The summed E-state index contributed by atoms with van der Waals surface area (Å²) in [6, 6.07) is 14.3.